The molecule has 0 amide bonds. The summed E-state index contributed by atoms with van der Waals surface area (Å²) < 4.78 is 6.77. The Balaban J connectivity index is 1.39. The number of rotatable bonds is 2. The zero-order valence-electron chi connectivity index (χ0n) is 15.7. The van der Waals surface area contributed by atoms with Gasteiger partial charge in [0.1, 0.15) is 24.2 Å². The van der Waals surface area contributed by atoms with E-state index in [0.717, 1.165) is 39.6 Å². The highest BCUT2D eigenvalue weighted by molar-refractivity contribution is 5.79. The summed E-state index contributed by atoms with van der Waals surface area (Å²) in [7, 11) is 4.51. The van der Waals surface area contributed by atoms with E-state index in [1.165, 1.54) is 0 Å². The fourth-order valence-electron chi connectivity index (χ4n) is 4.92. The molecule has 0 spiro atoms. The number of ether oxygens (including phenoxy) is 1. The Hall–Kier alpha value is -2.59. The highest BCUT2D eigenvalue weighted by Crippen LogP contribution is 2.45. The second-order valence-electron chi connectivity index (χ2n) is 8.33. The van der Waals surface area contributed by atoms with Gasteiger partial charge in [-0.25, -0.2) is 0 Å². The largest absolute Gasteiger partial charge is 0.597 e. The quantitative estimate of drug-likeness (QED) is 0.358. The first-order valence-corrected chi connectivity index (χ1v) is 9.65. The lowest BCUT2D eigenvalue weighted by molar-refractivity contribution is -0.926. The molecule has 2 aliphatic heterocycles. The molecule has 0 aromatic heterocycles. The third-order valence-electron chi connectivity index (χ3n) is 6.58. The van der Waals surface area contributed by atoms with Crippen molar-refractivity contribution < 1.29 is 14.3 Å². The number of nitrogens with zero attached hydrogens (tertiary/aromatic N) is 2. The molecular formula is C23H24N2O2. The minimum Gasteiger partial charge on any atom is -0.597 e. The first-order chi connectivity index (χ1) is 13.0. The Morgan fingerprint density at radius 2 is 1.44 bits per heavy atom. The fraction of sp³-hybridized carbons (Fsp3) is 0.348. The summed E-state index contributed by atoms with van der Waals surface area (Å²) in [4.78, 5) is 4.47. The van der Waals surface area contributed by atoms with Crippen molar-refractivity contribution in [1.29, 1.82) is 0 Å². The van der Waals surface area contributed by atoms with Gasteiger partial charge < -0.3 is 14.3 Å². The maximum Gasteiger partial charge on any atom is 0.146 e. The molecule has 0 radical (unpaired) electrons. The number of hydrogen-bond acceptors (Lipinski definition) is 3. The topological polar surface area (TPSA) is 44.6 Å². The molecule has 2 unspecified atom stereocenters. The lowest BCUT2D eigenvalue weighted by Gasteiger charge is -2.46. The second kappa shape index (κ2) is 5.96. The van der Waals surface area contributed by atoms with E-state index in [1.807, 2.05) is 24.3 Å². The standard InChI is InChI=1S/C23H24N2O2/c1-25(2)15-11-12-16(25)14-17(13-15)27-23(26)24-22-20-9-5-3-7-18(20)19-8-4-6-10-21(19)22/h3-12,15-17,22H,13-14H2,1-2H3. The summed E-state index contributed by atoms with van der Waals surface area (Å²) in [6, 6.07) is 17.0. The first kappa shape index (κ1) is 16.6. The predicted octanol–water partition coefficient (Wildman–Crippen LogP) is 3.04. The van der Waals surface area contributed by atoms with Gasteiger partial charge in [0.15, 0.2) is 0 Å². The van der Waals surface area contributed by atoms with Crippen molar-refractivity contribution in [2.45, 2.75) is 37.1 Å². The van der Waals surface area contributed by atoms with Crippen molar-refractivity contribution in [1.82, 2.24) is 0 Å². The van der Waals surface area contributed by atoms with Gasteiger partial charge in [-0.1, -0.05) is 48.5 Å². The van der Waals surface area contributed by atoms with E-state index in [9.17, 15) is 5.11 Å². The van der Waals surface area contributed by atoms with Crippen molar-refractivity contribution in [3.8, 4) is 11.1 Å². The summed E-state index contributed by atoms with van der Waals surface area (Å²) in [6.45, 7) is 0. The monoisotopic (exact) mass is 360 g/mol. The van der Waals surface area contributed by atoms with Crippen LogP contribution in [0.15, 0.2) is 65.7 Å². The molecule has 2 aromatic carbocycles. The van der Waals surface area contributed by atoms with E-state index in [1.54, 1.807) is 0 Å². The molecule has 4 heteroatoms. The number of quaternary nitrogens is 1. The van der Waals surface area contributed by atoms with Crippen molar-refractivity contribution >= 4 is 6.08 Å². The Bertz CT molecular complexity index is 883. The molecule has 0 saturated carbocycles. The molecule has 0 N–H and O–H groups in total. The number of hydrogen-bond donors (Lipinski definition) is 0. The number of likely N-dealkylation sites (N-methyl/N-ethyl adjacent to an activating group) is 1. The molecular weight excluding hydrogens is 336 g/mol. The Morgan fingerprint density at radius 3 is 2.00 bits per heavy atom. The minimum atomic E-state index is -0.442. The van der Waals surface area contributed by atoms with Gasteiger partial charge in [-0.05, 0) is 34.4 Å². The SMILES string of the molecule is C[N+]1(C)C2C=CC1CC(OC([O-])=NC1c3ccccc3-c3ccccc31)C2. The zero-order valence-corrected chi connectivity index (χ0v) is 15.7. The smallest absolute Gasteiger partial charge is 0.146 e. The molecule has 2 heterocycles. The third kappa shape index (κ3) is 2.59. The van der Waals surface area contributed by atoms with E-state index < -0.39 is 6.08 Å². The molecule has 4 nitrogen and oxygen atoms in total. The van der Waals surface area contributed by atoms with E-state index >= 15 is 0 Å². The number of fused-ring (bicyclic) bond motifs is 5. The number of piperidine rings is 1. The van der Waals surface area contributed by atoms with Gasteiger partial charge in [-0.3, -0.25) is 4.99 Å². The summed E-state index contributed by atoms with van der Waals surface area (Å²) >= 11 is 0. The number of benzene rings is 2. The normalized spacial score (nSPS) is 28.1. The van der Waals surface area contributed by atoms with Gasteiger partial charge in [0, 0.05) is 18.9 Å². The van der Waals surface area contributed by atoms with Crippen LogP contribution in [0.4, 0.5) is 0 Å². The van der Waals surface area contributed by atoms with Gasteiger partial charge in [0.2, 0.25) is 0 Å². The van der Waals surface area contributed by atoms with Crippen molar-refractivity contribution in [3.63, 3.8) is 0 Å². The van der Waals surface area contributed by atoms with Crippen LogP contribution in [0.5, 0.6) is 0 Å². The van der Waals surface area contributed by atoms with Crippen LogP contribution in [0.2, 0.25) is 0 Å². The van der Waals surface area contributed by atoms with Crippen LogP contribution in [0, 0.1) is 0 Å². The predicted molar refractivity (Wildman–Crippen MR) is 104 cm³/mol. The number of aliphatic imine (C=N–C) groups is 1. The van der Waals surface area contributed by atoms with Gasteiger partial charge in [-0.2, -0.15) is 0 Å². The van der Waals surface area contributed by atoms with Crippen LogP contribution in [-0.4, -0.2) is 42.8 Å². The van der Waals surface area contributed by atoms with Crippen LogP contribution in [0.25, 0.3) is 11.1 Å². The maximum absolute atomic E-state index is 12.7. The molecule has 2 atom stereocenters. The van der Waals surface area contributed by atoms with Crippen molar-refractivity contribution in [3.05, 3.63) is 71.8 Å². The van der Waals surface area contributed by atoms with Crippen molar-refractivity contribution in [2.75, 3.05) is 14.1 Å². The molecule has 5 rings (SSSR count). The Labute approximate surface area is 160 Å². The van der Waals surface area contributed by atoms with Crippen LogP contribution in [0.1, 0.15) is 30.0 Å². The van der Waals surface area contributed by atoms with Gasteiger partial charge in [-0.15, -0.1) is 0 Å². The van der Waals surface area contributed by atoms with Crippen molar-refractivity contribution in [2.24, 2.45) is 4.99 Å². The molecule has 27 heavy (non-hydrogen) atoms. The average molecular weight is 360 g/mol. The van der Waals surface area contributed by atoms with E-state index in [2.05, 4.69) is 55.5 Å². The summed E-state index contributed by atoms with van der Waals surface area (Å²) in [5.41, 5.74) is 4.49. The molecule has 1 saturated heterocycles. The summed E-state index contributed by atoms with van der Waals surface area (Å²) in [5.74, 6) is 0. The average Bonchev–Trinajstić information content (AvgIpc) is 2.99. The molecule has 1 fully saturated rings. The molecule has 2 bridgehead atoms. The maximum atomic E-state index is 12.7. The van der Waals surface area contributed by atoms with Crippen LogP contribution in [-0.2, 0) is 4.74 Å². The van der Waals surface area contributed by atoms with Crippen LogP contribution in [0.3, 0.4) is 0 Å². The zero-order chi connectivity index (χ0) is 18.6. The van der Waals surface area contributed by atoms with E-state index in [-0.39, 0.29) is 12.1 Å². The lowest BCUT2D eigenvalue weighted by Crippen LogP contribution is -2.57. The first-order valence-electron chi connectivity index (χ1n) is 9.65. The molecule has 3 aliphatic rings. The van der Waals surface area contributed by atoms with Gasteiger partial charge in [0.05, 0.1) is 14.1 Å². The van der Waals surface area contributed by atoms with Gasteiger partial charge in [0.25, 0.3) is 0 Å². The lowest BCUT2D eigenvalue weighted by atomic mass is 9.97. The van der Waals surface area contributed by atoms with Gasteiger partial charge >= 0.3 is 0 Å². The fourth-order valence-corrected chi connectivity index (χ4v) is 4.92. The highest BCUT2D eigenvalue weighted by Gasteiger charge is 2.44. The molecule has 1 aliphatic carbocycles. The van der Waals surface area contributed by atoms with Crippen LogP contribution < -0.4 is 5.11 Å². The summed E-state index contributed by atoms with van der Waals surface area (Å²) in [5, 5.41) is 12.7. The minimum absolute atomic E-state index is 0.0516. The molecule has 2 aromatic rings. The molecule has 138 valence electrons. The van der Waals surface area contributed by atoms with Crippen LogP contribution >= 0.6 is 0 Å². The summed E-state index contributed by atoms with van der Waals surface area (Å²) in [6.07, 6.45) is 5.81. The van der Waals surface area contributed by atoms with E-state index in [4.69, 9.17) is 4.74 Å². The highest BCUT2D eigenvalue weighted by atomic mass is 16.6. The second-order valence-corrected chi connectivity index (χ2v) is 8.33. The Morgan fingerprint density at radius 1 is 0.926 bits per heavy atom. The third-order valence-corrected chi connectivity index (χ3v) is 6.58. The Kier molecular flexibility index (Phi) is 3.66. The van der Waals surface area contributed by atoms with E-state index in [0.29, 0.717) is 12.1 Å².